The van der Waals surface area contributed by atoms with E-state index in [1.54, 1.807) is 0 Å². The lowest BCUT2D eigenvalue weighted by atomic mass is 10.2. The van der Waals surface area contributed by atoms with Gasteiger partial charge in [-0.1, -0.05) is 6.92 Å². The number of likely N-dealkylation sites (N-methyl/N-ethyl adjacent to an activating group) is 1. The fourth-order valence-corrected chi connectivity index (χ4v) is 2.60. The second kappa shape index (κ2) is 15.4. The van der Waals surface area contributed by atoms with Gasteiger partial charge in [-0.05, 0) is 32.9 Å². The number of hydrogen-bond acceptors (Lipinski definition) is 4. The molecule has 1 saturated heterocycles. The van der Waals surface area contributed by atoms with Crippen LogP contribution in [0.1, 0.15) is 26.7 Å². The number of aliphatic imine (C=N–C) groups is 1. The number of unbranched alkanes of at least 4 members (excludes halogenated alkanes) is 1. The lowest BCUT2D eigenvalue weighted by molar-refractivity contribution is 0.136. The number of rotatable bonds is 10. The Morgan fingerprint density at radius 2 is 1.65 bits per heavy atom. The maximum atomic E-state index is 5.30. The van der Waals surface area contributed by atoms with E-state index in [2.05, 4.69) is 32.3 Å². The molecule has 1 rings (SSSR count). The molecule has 0 bridgehead atoms. The molecular formula is C16H36IN5O. The Hall–Kier alpha value is -0.120. The first-order valence-corrected chi connectivity index (χ1v) is 8.77. The van der Waals surface area contributed by atoms with Crippen LogP contribution in [0, 0.1) is 0 Å². The standard InChI is InChI=1S/C16H35N5O.HI/c1-4-20-11-13-21(14-12-20)10-7-6-8-18-16(17-3)19-9-15-22-5-2;/h4-15H2,1-3H3,(H2,17,18,19);1H. The third-order valence-electron chi connectivity index (χ3n) is 4.07. The van der Waals surface area contributed by atoms with Crippen LogP contribution >= 0.6 is 24.0 Å². The fraction of sp³-hybridized carbons (Fsp3) is 0.938. The Balaban J connectivity index is 0.00000484. The first kappa shape index (κ1) is 22.9. The number of guanidine groups is 1. The molecule has 0 amide bonds. The van der Waals surface area contributed by atoms with Gasteiger partial charge in [-0.3, -0.25) is 4.99 Å². The SMILES string of the molecule is CCOCCNC(=NC)NCCCCN1CCN(CC)CC1.I. The monoisotopic (exact) mass is 441 g/mol. The van der Waals surface area contributed by atoms with Crippen LogP contribution < -0.4 is 10.6 Å². The van der Waals surface area contributed by atoms with Crippen molar-refractivity contribution in [1.29, 1.82) is 0 Å². The predicted molar refractivity (Wildman–Crippen MR) is 109 cm³/mol. The van der Waals surface area contributed by atoms with E-state index < -0.39 is 0 Å². The number of ether oxygens (including phenoxy) is 1. The summed E-state index contributed by atoms with van der Waals surface area (Å²) in [6.07, 6.45) is 2.43. The van der Waals surface area contributed by atoms with Crippen molar-refractivity contribution < 1.29 is 4.74 Å². The largest absolute Gasteiger partial charge is 0.380 e. The van der Waals surface area contributed by atoms with E-state index >= 15 is 0 Å². The van der Waals surface area contributed by atoms with E-state index in [4.69, 9.17) is 4.74 Å². The van der Waals surface area contributed by atoms with Gasteiger partial charge in [-0.15, -0.1) is 24.0 Å². The quantitative estimate of drug-likeness (QED) is 0.231. The Morgan fingerprint density at radius 3 is 2.26 bits per heavy atom. The van der Waals surface area contributed by atoms with Gasteiger partial charge in [0.1, 0.15) is 0 Å². The highest BCUT2D eigenvalue weighted by atomic mass is 127. The zero-order chi connectivity index (χ0) is 16.0. The lowest BCUT2D eigenvalue weighted by Crippen LogP contribution is -2.46. The van der Waals surface area contributed by atoms with Crippen LogP contribution in [0.5, 0.6) is 0 Å². The third kappa shape index (κ3) is 11.1. The second-order valence-electron chi connectivity index (χ2n) is 5.61. The summed E-state index contributed by atoms with van der Waals surface area (Å²) in [4.78, 5) is 9.32. The van der Waals surface area contributed by atoms with E-state index in [1.165, 1.54) is 52.1 Å². The van der Waals surface area contributed by atoms with Gasteiger partial charge in [0.15, 0.2) is 5.96 Å². The molecular weight excluding hydrogens is 405 g/mol. The Labute approximate surface area is 159 Å². The predicted octanol–water partition coefficient (Wildman–Crippen LogP) is 1.22. The van der Waals surface area contributed by atoms with E-state index in [0.29, 0.717) is 0 Å². The van der Waals surface area contributed by atoms with Crippen LogP contribution in [-0.4, -0.2) is 88.4 Å². The summed E-state index contributed by atoms with van der Waals surface area (Å²) in [6, 6.07) is 0. The zero-order valence-corrected chi connectivity index (χ0v) is 17.5. The summed E-state index contributed by atoms with van der Waals surface area (Å²) in [5.41, 5.74) is 0. The Morgan fingerprint density at radius 1 is 1.00 bits per heavy atom. The molecule has 6 nitrogen and oxygen atoms in total. The van der Waals surface area contributed by atoms with Crippen molar-refractivity contribution in [2.24, 2.45) is 4.99 Å². The summed E-state index contributed by atoms with van der Waals surface area (Å²) >= 11 is 0. The zero-order valence-electron chi connectivity index (χ0n) is 15.1. The Kier molecular flexibility index (Phi) is 15.3. The van der Waals surface area contributed by atoms with Crippen LogP contribution in [-0.2, 0) is 4.74 Å². The molecule has 0 aromatic heterocycles. The van der Waals surface area contributed by atoms with E-state index in [1.807, 2.05) is 14.0 Å². The molecule has 0 aromatic rings. The van der Waals surface area contributed by atoms with Gasteiger partial charge < -0.3 is 25.2 Å². The maximum absolute atomic E-state index is 5.30. The third-order valence-corrected chi connectivity index (χ3v) is 4.07. The summed E-state index contributed by atoms with van der Waals surface area (Å²) in [7, 11) is 1.81. The molecule has 0 atom stereocenters. The van der Waals surface area contributed by atoms with E-state index in [-0.39, 0.29) is 24.0 Å². The van der Waals surface area contributed by atoms with Crippen molar-refractivity contribution in [2.75, 3.05) is 72.6 Å². The molecule has 23 heavy (non-hydrogen) atoms. The van der Waals surface area contributed by atoms with Crippen molar-refractivity contribution >= 4 is 29.9 Å². The molecule has 0 radical (unpaired) electrons. The van der Waals surface area contributed by atoms with Gasteiger partial charge >= 0.3 is 0 Å². The van der Waals surface area contributed by atoms with Gasteiger partial charge in [0, 0.05) is 52.9 Å². The van der Waals surface area contributed by atoms with Crippen molar-refractivity contribution in [3.05, 3.63) is 0 Å². The minimum atomic E-state index is 0. The molecule has 0 spiro atoms. The number of hydrogen-bond donors (Lipinski definition) is 2. The summed E-state index contributed by atoms with van der Waals surface area (Å²) in [6.45, 7) is 14.8. The highest BCUT2D eigenvalue weighted by molar-refractivity contribution is 14.0. The van der Waals surface area contributed by atoms with E-state index in [0.717, 1.165) is 32.3 Å². The summed E-state index contributed by atoms with van der Waals surface area (Å²) in [5.74, 6) is 0.872. The van der Waals surface area contributed by atoms with Gasteiger partial charge in [-0.25, -0.2) is 0 Å². The Bertz CT molecular complexity index is 296. The molecule has 0 aliphatic carbocycles. The van der Waals surface area contributed by atoms with Gasteiger partial charge in [-0.2, -0.15) is 0 Å². The molecule has 2 N–H and O–H groups in total. The molecule has 7 heteroatoms. The molecule has 0 saturated carbocycles. The summed E-state index contributed by atoms with van der Waals surface area (Å²) in [5, 5.41) is 6.61. The molecule has 0 unspecified atom stereocenters. The van der Waals surface area contributed by atoms with Gasteiger partial charge in [0.2, 0.25) is 0 Å². The van der Waals surface area contributed by atoms with Crippen molar-refractivity contribution in [3.63, 3.8) is 0 Å². The minimum Gasteiger partial charge on any atom is -0.380 e. The first-order valence-electron chi connectivity index (χ1n) is 8.77. The average Bonchev–Trinajstić information content (AvgIpc) is 2.57. The highest BCUT2D eigenvalue weighted by Crippen LogP contribution is 2.02. The number of piperazine rings is 1. The van der Waals surface area contributed by atoms with Gasteiger partial charge in [0.25, 0.3) is 0 Å². The molecule has 1 fully saturated rings. The highest BCUT2D eigenvalue weighted by Gasteiger charge is 2.14. The maximum Gasteiger partial charge on any atom is 0.191 e. The topological polar surface area (TPSA) is 52.1 Å². The molecule has 0 aromatic carbocycles. The smallest absolute Gasteiger partial charge is 0.191 e. The van der Waals surface area contributed by atoms with Crippen molar-refractivity contribution in [2.45, 2.75) is 26.7 Å². The number of halogens is 1. The van der Waals surface area contributed by atoms with Gasteiger partial charge in [0.05, 0.1) is 6.61 Å². The number of nitrogens with zero attached hydrogens (tertiary/aromatic N) is 3. The average molecular weight is 441 g/mol. The van der Waals surface area contributed by atoms with Crippen LogP contribution in [0.25, 0.3) is 0 Å². The second-order valence-corrected chi connectivity index (χ2v) is 5.61. The normalized spacial score (nSPS) is 16.9. The number of nitrogens with one attached hydrogen (secondary N) is 2. The lowest BCUT2D eigenvalue weighted by Gasteiger charge is -2.34. The molecule has 1 aliphatic heterocycles. The molecule has 1 heterocycles. The first-order chi connectivity index (χ1) is 10.8. The fourth-order valence-electron chi connectivity index (χ4n) is 2.60. The van der Waals surface area contributed by atoms with Crippen LogP contribution in [0.2, 0.25) is 0 Å². The minimum absolute atomic E-state index is 0. The van der Waals surface area contributed by atoms with E-state index in [9.17, 15) is 0 Å². The van der Waals surface area contributed by atoms with Crippen LogP contribution in [0.15, 0.2) is 4.99 Å². The molecule has 138 valence electrons. The van der Waals surface area contributed by atoms with Crippen LogP contribution in [0.3, 0.4) is 0 Å². The van der Waals surface area contributed by atoms with Crippen LogP contribution in [0.4, 0.5) is 0 Å². The summed E-state index contributed by atoms with van der Waals surface area (Å²) < 4.78 is 5.30. The molecule has 1 aliphatic rings. The van der Waals surface area contributed by atoms with Crippen molar-refractivity contribution in [1.82, 2.24) is 20.4 Å². The van der Waals surface area contributed by atoms with Crippen molar-refractivity contribution in [3.8, 4) is 0 Å².